The molecule has 0 unspecified atom stereocenters. The largest absolute Gasteiger partial charge is 0.444 e. The Morgan fingerprint density at radius 3 is 2.68 bits per heavy atom. The van der Waals surface area contributed by atoms with Gasteiger partial charge in [0.25, 0.3) is 0 Å². The van der Waals surface area contributed by atoms with Crippen molar-refractivity contribution in [1.82, 2.24) is 4.98 Å². The van der Waals surface area contributed by atoms with Gasteiger partial charge in [0.05, 0.1) is 0 Å². The SMILES string of the molecule is O=C(Nc1ccc2[nH]c(=O)ccc2c1)OCc1ccccc1. The molecule has 0 spiro atoms. The first-order valence-electron chi connectivity index (χ1n) is 6.81. The Kier molecular flexibility index (Phi) is 3.87. The lowest BCUT2D eigenvalue weighted by atomic mass is 10.2. The van der Waals surface area contributed by atoms with Gasteiger partial charge in [-0.2, -0.15) is 0 Å². The average molecular weight is 294 g/mol. The van der Waals surface area contributed by atoms with Gasteiger partial charge in [0.15, 0.2) is 0 Å². The summed E-state index contributed by atoms with van der Waals surface area (Å²) >= 11 is 0. The van der Waals surface area contributed by atoms with E-state index in [1.54, 1.807) is 24.3 Å². The number of carbonyl (C=O) groups is 1. The summed E-state index contributed by atoms with van der Waals surface area (Å²) in [6.45, 7) is 0.216. The van der Waals surface area contributed by atoms with Gasteiger partial charge in [-0.05, 0) is 29.8 Å². The molecule has 1 amide bonds. The lowest BCUT2D eigenvalue weighted by molar-refractivity contribution is 0.155. The molecule has 3 aromatic rings. The number of hydrogen-bond donors (Lipinski definition) is 2. The minimum absolute atomic E-state index is 0.157. The number of fused-ring (bicyclic) bond motifs is 1. The van der Waals surface area contributed by atoms with Crippen LogP contribution in [0.15, 0.2) is 65.5 Å². The van der Waals surface area contributed by atoms with Gasteiger partial charge in [0, 0.05) is 22.7 Å². The molecule has 0 fully saturated rings. The molecular formula is C17H14N2O3. The molecule has 3 rings (SSSR count). The molecule has 0 radical (unpaired) electrons. The van der Waals surface area contributed by atoms with E-state index in [-0.39, 0.29) is 12.2 Å². The third kappa shape index (κ3) is 3.32. The minimum Gasteiger partial charge on any atom is -0.444 e. The Bertz CT molecular complexity index is 856. The Morgan fingerprint density at radius 1 is 1.05 bits per heavy atom. The molecule has 0 saturated heterocycles. The molecule has 0 bridgehead atoms. The quantitative estimate of drug-likeness (QED) is 0.778. The van der Waals surface area contributed by atoms with E-state index in [1.165, 1.54) is 6.07 Å². The van der Waals surface area contributed by atoms with Crippen LogP contribution in [0.25, 0.3) is 10.9 Å². The number of pyridine rings is 1. The summed E-state index contributed by atoms with van der Waals surface area (Å²) in [6, 6.07) is 17.8. The number of aromatic nitrogens is 1. The van der Waals surface area contributed by atoms with Crippen LogP contribution in [0.5, 0.6) is 0 Å². The normalized spacial score (nSPS) is 10.4. The van der Waals surface area contributed by atoms with Gasteiger partial charge in [-0.15, -0.1) is 0 Å². The molecule has 0 aliphatic carbocycles. The van der Waals surface area contributed by atoms with Crippen molar-refractivity contribution in [1.29, 1.82) is 0 Å². The molecule has 0 atom stereocenters. The Labute approximate surface area is 126 Å². The predicted octanol–water partition coefficient (Wildman–Crippen LogP) is 3.28. The summed E-state index contributed by atoms with van der Waals surface area (Å²) in [5.41, 5.74) is 2.09. The monoisotopic (exact) mass is 294 g/mol. The van der Waals surface area contributed by atoms with Gasteiger partial charge in [0.1, 0.15) is 6.61 Å². The van der Waals surface area contributed by atoms with Crippen LogP contribution < -0.4 is 10.9 Å². The third-order valence-corrected chi connectivity index (χ3v) is 3.18. The van der Waals surface area contributed by atoms with Gasteiger partial charge in [-0.3, -0.25) is 10.1 Å². The molecular weight excluding hydrogens is 280 g/mol. The fourth-order valence-electron chi connectivity index (χ4n) is 2.11. The molecule has 22 heavy (non-hydrogen) atoms. The number of benzene rings is 2. The van der Waals surface area contributed by atoms with Gasteiger partial charge in [-0.1, -0.05) is 30.3 Å². The maximum Gasteiger partial charge on any atom is 0.411 e. The number of hydrogen-bond acceptors (Lipinski definition) is 3. The highest BCUT2D eigenvalue weighted by atomic mass is 16.5. The molecule has 1 aromatic heterocycles. The summed E-state index contributed by atoms with van der Waals surface area (Å²) in [6.07, 6.45) is -0.521. The summed E-state index contributed by atoms with van der Waals surface area (Å²) < 4.78 is 5.16. The maximum atomic E-state index is 11.8. The van der Waals surface area contributed by atoms with Crippen LogP contribution >= 0.6 is 0 Å². The fourth-order valence-corrected chi connectivity index (χ4v) is 2.11. The Hall–Kier alpha value is -3.08. The zero-order chi connectivity index (χ0) is 15.4. The molecule has 2 N–H and O–H groups in total. The summed E-state index contributed by atoms with van der Waals surface area (Å²) in [5, 5.41) is 3.50. The maximum absolute atomic E-state index is 11.8. The molecule has 2 aromatic carbocycles. The van der Waals surface area contributed by atoms with Crippen LogP contribution in [0, 0.1) is 0 Å². The van der Waals surface area contributed by atoms with E-state index in [2.05, 4.69) is 10.3 Å². The van der Waals surface area contributed by atoms with Gasteiger partial charge in [-0.25, -0.2) is 4.79 Å². The highest BCUT2D eigenvalue weighted by molar-refractivity contribution is 5.89. The Balaban J connectivity index is 1.66. The molecule has 1 heterocycles. The second kappa shape index (κ2) is 6.13. The summed E-state index contributed by atoms with van der Waals surface area (Å²) in [5.74, 6) is 0. The summed E-state index contributed by atoms with van der Waals surface area (Å²) in [4.78, 5) is 25.7. The van der Waals surface area contributed by atoms with Crippen LogP contribution in [-0.2, 0) is 11.3 Å². The number of ether oxygens (including phenoxy) is 1. The zero-order valence-corrected chi connectivity index (χ0v) is 11.7. The van der Waals surface area contributed by atoms with E-state index in [1.807, 2.05) is 30.3 Å². The van der Waals surface area contributed by atoms with E-state index >= 15 is 0 Å². The van der Waals surface area contributed by atoms with Crippen molar-refractivity contribution in [2.24, 2.45) is 0 Å². The second-order valence-electron chi connectivity index (χ2n) is 4.81. The van der Waals surface area contributed by atoms with Gasteiger partial charge < -0.3 is 9.72 Å². The lowest BCUT2D eigenvalue weighted by Crippen LogP contribution is -2.13. The Morgan fingerprint density at radius 2 is 1.86 bits per heavy atom. The van der Waals surface area contributed by atoms with Gasteiger partial charge in [0.2, 0.25) is 5.56 Å². The van der Waals surface area contributed by atoms with E-state index < -0.39 is 6.09 Å². The summed E-state index contributed by atoms with van der Waals surface area (Å²) in [7, 11) is 0. The predicted molar refractivity (Wildman–Crippen MR) is 84.8 cm³/mol. The first-order valence-corrected chi connectivity index (χ1v) is 6.81. The van der Waals surface area contributed by atoms with Crippen molar-refractivity contribution in [2.75, 3.05) is 5.32 Å². The molecule has 0 aliphatic heterocycles. The van der Waals surface area contributed by atoms with Gasteiger partial charge >= 0.3 is 6.09 Å². The number of nitrogens with one attached hydrogen (secondary N) is 2. The van der Waals surface area contributed by atoms with Crippen LogP contribution in [-0.4, -0.2) is 11.1 Å². The molecule has 110 valence electrons. The van der Waals surface area contributed by atoms with Crippen LogP contribution in [0.4, 0.5) is 10.5 Å². The van der Waals surface area contributed by atoms with Crippen molar-refractivity contribution < 1.29 is 9.53 Å². The van der Waals surface area contributed by atoms with Crippen LogP contribution in [0.3, 0.4) is 0 Å². The van der Waals surface area contributed by atoms with E-state index in [0.717, 1.165) is 16.5 Å². The van der Waals surface area contributed by atoms with E-state index in [4.69, 9.17) is 4.74 Å². The van der Waals surface area contributed by atoms with Crippen LogP contribution in [0.2, 0.25) is 0 Å². The topological polar surface area (TPSA) is 71.2 Å². The number of anilines is 1. The molecule has 0 aliphatic rings. The number of amides is 1. The number of aromatic amines is 1. The van der Waals surface area contributed by atoms with Crippen molar-refractivity contribution in [2.45, 2.75) is 6.61 Å². The van der Waals surface area contributed by atoms with Crippen LogP contribution in [0.1, 0.15) is 5.56 Å². The molecule has 0 saturated carbocycles. The third-order valence-electron chi connectivity index (χ3n) is 3.18. The van der Waals surface area contributed by atoms with Crippen molar-refractivity contribution in [3.05, 3.63) is 76.6 Å². The highest BCUT2D eigenvalue weighted by Crippen LogP contribution is 2.16. The average Bonchev–Trinajstić information content (AvgIpc) is 2.54. The first-order chi connectivity index (χ1) is 10.7. The van der Waals surface area contributed by atoms with E-state index in [0.29, 0.717) is 5.69 Å². The highest BCUT2D eigenvalue weighted by Gasteiger charge is 2.04. The lowest BCUT2D eigenvalue weighted by Gasteiger charge is -2.08. The van der Waals surface area contributed by atoms with Crippen molar-refractivity contribution in [3.8, 4) is 0 Å². The fraction of sp³-hybridized carbons (Fsp3) is 0.0588. The first kappa shape index (κ1) is 13.9. The molecule has 5 nitrogen and oxygen atoms in total. The molecule has 5 heteroatoms. The number of carbonyl (C=O) groups excluding carboxylic acids is 1. The van der Waals surface area contributed by atoms with E-state index in [9.17, 15) is 9.59 Å². The standard InChI is InChI=1S/C17H14N2O3/c20-16-9-6-13-10-14(7-8-15(13)19-16)18-17(21)22-11-12-4-2-1-3-5-12/h1-10H,11H2,(H,18,21)(H,19,20). The minimum atomic E-state index is -0.521. The zero-order valence-electron chi connectivity index (χ0n) is 11.7. The second-order valence-corrected chi connectivity index (χ2v) is 4.81. The smallest absolute Gasteiger partial charge is 0.411 e. The van der Waals surface area contributed by atoms with Crippen molar-refractivity contribution >= 4 is 22.7 Å². The van der Waals surface area contributed by atoms with Crippen molar-refractivity contribution in [3.63, 3.8) is 0 Å². The number of H-pyrrole nitrogens is 1. The number of rotatable bonds is 3.